The summed E-state index contributed by atoms with van der Waals surface area (Å²) in [7, 11) is 3.29. The first kappa shape index (κ1) is 34.7. The first-order chi connectivity index (χ1) is 24.7. The van der Waals surface area contributed by atoms with Gasteiger partial charge in [-0.3, -0.25) is 19.0 Å². The van der Waals surface area contributed by atoms with Crippen LogP contribution in [0, 0.1) is 5.92 Å². The van der Waals surface area contributed by atoms with Gasteiger partial charge in [-0.1, -0.05) is 65.7 Å². The highest BCUT2D eigenvalue weighted by Gasteiger charge is 2.23. The van der Waals surface area contributed by atoms with Crippen molar-refractivity contribution < 1.29 is 14.3 Å². The molecule has 12 nitrogen and oxygen atoms in total. The number of nitrogens with one attached hydrogen (secondary N) is 4. The van der Waals surface area contributed by atoms with E-state index in [-0.39, 0.29) is 29.3 Å². The highest BCUT2D eigenvalue weighted by atomic mass is 35.5. The molecule has 2 aliphatic rings. The molecule has 2 amide bonds. The van der Waals surface area contributed by atoms with Crippen LogP contribution in [-0.4, -0.2) is 63.8 Å². The number of aromatic nitrogens is 4. The quantitative estimate of drug-likeness (QED) is 0.149. The van der Waals surface area contributed by atoms with Crippen molar-refractivity contribution in [2.45, 2.75) is 38.4 Å². The van der Waals surface area contributed by atoms with Gasteiger partial charge in [-0.2, -0.15) is 5.10 Å². The molecule has 2 aliphatic heterocycles. The average molecular weight is 730 g/mol. The summed E-state index contributed by atoms with van der Waals surface area (Å²) in [5.41, 5.74) is 5.44. The Kier molecular flexibility index (Phi) is 10.1. The summed E-state index contributed by atoms with van der Waals surface area (Å²) in [5.74, 6) is 1.43. The number of amides is 2. The SMILES string of the molecule is COc1nc(-c2cccc(-c3cccc(-c4cc5c(=O)n(C)c(CNC[C@H]6CNC(=O)C6)nn5c4)c3Cl)c2Cl)ccc1CNC[C@@H]1CCC(=O)N1. The number of hydrogen-bond donors (Lipinski definition) is 4. The van der Waals surface area contributed by atoms with E-state index in [0.29, 0.717) is 78.5 Å². The number of hydrogen-bond acceptors (Lipinski definition) is 8. The van der Waals surface area contributed by atoms with Crippen LogP contribution in [0.5, 0.6) is 5.88 Å². The Balaban J connectivity index is 1.13. The number of carbonyl (C=O) groups is 2. The molecule has 14 heteroatoms. The minimum atomic E-state index is -0.180. The third-order valence-corrected chi connectivity index (χ3v) is 10.3. The molecule has 7 rings (SSSR count). The van der Waals surface area contributed by atoms with Crippen LogP contribution < -0.4 is 31.6 Å². The fourth-order valence-corrected chi connectivity index (χ4v) is 7.38. The van der Waals surface area contributed by atoms with Gasteiger partial charge in [-0.05, 0) is 24.5 Å². The standard InChI is InChI=1S/C37H38Cl2N8O4/c1-46-31(19-40-15-21-13-33(49)42-16-21)45-47-20-23(14-30(47)37(46)50)25-5-3-6-26(34(25)38)27-7-4-8-28(35(27)39)29-11-9-22(36(44-29)51-2)17-41-18-24-10-12-32(48)43-24/h3-9,11,14,20-21,24,40-41H,10,12-13,15-19H2,1-2H3,(H,42,49)(H,43,48)/t21-,24-/m0/s1. The maximum atomic E-state index is 13.4. The zero-order chi connectivity index (χ0) is 35.6. The molecule has 2 aromatic carbocycles. The second-order valence-corrected chi connectivity index (χ2v) is 13.7. The van der Waals surface area contributed by atoms with Crippen LogP contribution in [-0.2, 0) is 29.7 Å². The molecule has 0 saturated carbocycles. The Morgan fingerprint density at radius 2 is 1.65 bits per heavy atom. The molecule has 0 unspecified atom stereocenters. The van der Waals surface area contributed by atoms with Gasteiger partial charge in [0.15, 0.2) is 0 Å². The van der Waals surface area contributed by atoms with E-state index in [9.17, 15) is 14.4 Å². The van der Waals surface area contributed by atoms with E-state index in [0.717, 1.165) is 39.8 Å². The van der Waals surface area contributed by atoms with E-state index in [2.05, 4.69) is 21.3 Å². The average Bonchev–Trinajstić information content (AvgIpc) is 3.87. The molecular weight excluding hydrogens is 691 g/mol. The van der Waals surface area contributed by atoms with Gasteiger partial charge in [0, 0.05) is 91.7 Å². The van der Waals surface area contributed by atoms with Gasteiger partial charge < -0.3 is 26.0 Å². The van der Waals surface area contributed by atoms with Crippen molar-refractivity contribution in [3.8, 4) is 39.4 Å². The number of rotatable bonds is 12. The minimum Gasteiger partial charge on any atom is -0.481 e. The highest BCUT2D eigenvalue weighted by molar-refractivity contribution is 6.39. The maximum absolute atomic E-state index is 13.4. The van der Waals surface area contributed by atoms with Gasteiger partial charge >= 0.3 is 0 Å². The predicted molar refractivity (Wildman–Crippen MR) is 197 cm³/mol. The summed E-state index contributed by atoms with van der Waals surface area (Å²) < 4.78 is 8.78. The maximum Gasteiger partial charge on any atom is 0.277 e. The third-order valence-electron chi connectivity index (χ3n) is 9.51. The summed E-state index contributed by atoms with van der Waals surface area (Å²) in [6.07, 6.45) is 3.69. The fourth-order valence-electron chi connectivity index (χ4n) is 6.72. The molecule has 4 N–H and O–H groups in total. The smallest absolute Gasteiger partial charge is 0.277 e. The number of halogens is 2. The molecule has 2 fully saturated rings. The summed E-state index contributed by atoms with van der Waals surface area (Å²) in [5, 5.41) is 18.2. The third kappa shape index (κ3) is 7.22. The van der Waals surface area contributed by atoms with E-state index in [1.165, 1.54) is 4.57 Å². The van der Waals surface area contributed by atoms with Gasteiger partial charge in [0.2, 0.25) is 17.7 Å². The lowest BCUT2D eigenvalue weighted by molar-refractivity contribution is -0.120. The van der Waals surface area contributed by atoms with E-state index >= 15 is 0 Å². The largest absolute Gasteiger partial charge is 0.481 e. The van der Waals surface area contributed by atoms with Gasteiger partial charge in [0.1, 0.15) is 11.3 Å². The van der Waals surface area contributed by atoms with Crippen molar-refractivity contribution in [3.63, 3.8) is 0 Å². The molecule has 3 aromatic heterocycles. The molecule has 2 saturated heterocycles. The molecule has 5 aromatic rings. The van der Waals surface area contributed by atoms with Gasteiger partial charge in [0.05, 0.1) is 29.4 Å². The molecule has 2 atom stereocenters. The van der Waals surface area contributed by atoms with Gasteiger partial charge in [0.25, 0.3) is 5.56 Å². The van der Waals surface area contributed by atoms with Gasteiger partial charge in [-0.25, -0.2) is 9.50 Å². The summed E-state index contributed by atoms with van der Waals surface area (Å²) in [4.78, 5) is 41.2. The second-order valence-electron chi connectivity index (χ2n) is 13.0. The Labute approximate surface area is 304 Å². The molecule has 0 radical (unpaired) electrons. The van der Waals surface area contributed by atoms with Crippen LogP contribution >= 0.6 is 23.2 Å². The van der Waals surface area contributed by atoms with Crippen LogP contribution in [0.25, 0.3) is 39.0 Å². The molecule has 0 aliphatic carbocycles. The molecule has 5 heterocycles. The Morgan fingerprint density at radius 3 is 2.35 bits per heavy atom. The number of pyridine rings is 1. The zero-order valence-electron chi connectivity index (χ0n) is 28.3. The second kappa shape index (κ2) is 14.8. The predicted octanol–water partition coefficient (Wildman–Crippen LogP) is 4.34. The van der Waals surface area contributed by atoms with Gasteiger partial charge in [-0.15, -0.1) is 0 Å². The van der Waals surface area contributed by atoms with E-state index < -0.39 is 0 Å². The number of ether oxygens (including phenoxy) is 1. The molecule has 51 heavy (non-hydrogen) atoms. The first-order valence-electron chi connectivity index (χ1n) is 16.9. The van der Waals surface area contributed by atoms with Crippen molar-refractivity contribution in [2.24, 2.45) is 13.0 Å². The normalized spacial score (nSPS) is 17.3. The monoisotopic (exact) mass is 728 g/mol. The van der Waals surface area contributed by atoms with Crippen LogP contribution in [0.2, 0.25) is 10.0 Å². The lowest BCUT2D eigenvalue weighted by Crippen LogP contribution is -2.35. The molecule has 264 valence electrons. The van der Waals surface area contributed by atoms with E-state index in [1.807, 2.05) is 48.5 Å². The van der Waals surface area contributed by atoms with Crippen molar-refractivity contribution in [2.75, 3.05) is 26.7 Å². The zero-order valence-corrected chi connectivity index (χ0v) is 29.8. The summed E-state index contributed by atoms with van der Waals surface area (Å²) in [6.45, 7) is 2.88. The van der Waals surface area contributed by atoms with E-state index in [1.54, 1.807) is 30.9 Å². The molecule has 0 spiro atoms. The first-order valence-corrected chi connectivity index (χ1v) is 17.6. The topological polar surface area (TPSA) is 144 Å². The molecule has 0 bridgehead atoms. The van der Waals surface area contributed by atoms with Crippen LogP contribution in [0.1, 0.15) is 30.7 Å². The Bertz CT molecular complexity index is 2200. The van der Waals surface area contributed by atoms with Crippen molar-refractivity contribution in [1.29, 1.82) is 0 Å². The number of carbonyl (C=O) groups excluding carboxylic acids is 2. The van der Waals surface area contributed by atoms with Crippen molar-refractivity contribution in [1.82, 2.24) is 40.4 Å². The number of fused-ring (bicyclic) bond motifs is 1. The van der Waals surface area contributed by atoms with E-state index in [4.69, 9.17) is 38.0 Å². The lowest BCUT2D eigenvalue weighted by Gasteiger charge is -2.15. The van der Waals surface area contributed by atoms with Crippen LogP contribution in [0.15, 0.2) is 65.6 Å². The van der Waals surface area contributed by atoms with Crippen LogP contribution in [0.4, 0.5) is 0 Å². The van der Waals surface area contributed by atoms with Crippen molar-refractivity contribution in [3.05, 3.63) is 92.6 Å². The van der Waals surface area contributed by atoms with Crippen LogP contribution in [0.3, 0.4) is 0 Å². The number of benzene rings is 2. The highest BCUT2D eigenvalue weighted by Crippen LogP contribution is 2.42. The number of nitrogens with zero attached hydrogens (tertiary/aromatic N) is 4. The summed E-state index contributed by atoms with van der Waals surface area (Å²) in [6, 6.07) is 17.3. The Hall–Kier alpha value is -4.75. The summed E-state index contributed by atoms with van der Waals surface area (Å²) >= 11 is 14.2. The fraction of sp³-hybridized carbons (Fsp3) is 0.324. The Morgan fingerprint density at radius 1 is 0.922 bits per heavy atom. The molecular formula is C37H38Cl2N8O4. The lowest BCUT2D eigenvalue weighted by atomic mass is 9.97. The minimum absolute atomic E-state index is 0.0624. The van der Waals surface area contributed by atoms with Crippen molar-refractivity contribution >= 4 is 40.5 Å². The number of methoxy groups -OCH3 is 1.